The summed E-state index contributed by atoms with van der Waals surface area (Å²) >= 11 is 0. The molecular formula is C24H31N5O4. The standard InChI is InChI=1S/C24H31N5O4/c30-21-13-7-17(8-14-21)26-24(31)27-23-6-2-1-5-22(23)25-18-4-3-15-28(16-18)19-9-11-20(12-10-19)29(32)33/h7-14,18,22-23,25,30H,1-6,15-16H2,(H2,26,27,31)/t18-,22+,23+/m0/s1. The summed E-state index contributed by atoms with van der Waals surface area (Å²) in [5.41, 5.74) is 1.74. The lowest BCUT2D eigenvalue weighted by Gasteiger charge is -2.40. The van der Waals surface area contributed by atoms with Gasteiger partial charge in [-0.25, -0.2) is 4.79 Å². The maximum atomic E-state index is 12.5. The molecule has 2 aliphatic rings. The molecule has 4 rings (SSSR count). The van der Waals surface area contributed by atoms with Gasteiger partial charge in [0.25, 0.3) is 5.69 Å². The quantitative estimate of drug-likeness (QED) is 0.298. The van der Waals surface area contributed by atoms with E-state index >= 15 is 0 Å². The molecule has 0 bridgehead atoms. The third-order valence-electron chi connectivity index (χ3n) is 6.50. The van der Waals surface area contributed by atoms with Gasteiger partial charge in [-0.3, -0.25) is 10.1 Å². The number of aromatic hydroxyl groups is 1. The molecule has 2 fully saturated rings. The second kappa shape index (κ2) is 10.5. The Balaban J connectivity index is 1.33. The molecule has 3 atom stereocenters. The van der Waals surface area contributed by atoms with E-state index in [2.05, 4.69) is 20.9 Å². The van der Waals surface area contributed by atoms with Gasteiger partial charge in [-0.1, -0.05) is 12.8 Å². The first-order valence-corrected chi connectivity index (χ1v) is 11.6. The lowest BCUT2D eigenvalue weighted by Crippen LogP contribution is -2.57. The number of piperidine rings is 1. The minimum absolute atomic E-state index is 0.0469. The van der Waals surface area contributed by atoms with Gasteiger partial charge in [-0.2, -0.15) is 0 Å². The van der Waals surface area contributed by atoms with Gasteiger partial charge in [0, 0.05) is 54.7 Å². The summed E-state index contributed by atoms with van der Waals surface area (Å²) in [7, 11) is 0. The smallest absolute Gasteiger partial charge is 0.319 e. The highest BCUT2D eigenvalue weighted by Crippen LogP contribution is 2.25. The largest absolute Gasteiger partial charge is 0.508 e. The van der Waals surface area contributed by atoms with Crippen molar-refractivity contribution in [1.29, 1.82) is 0 Å². The topological polar surface area (TPSA) is 120 Å². The molecule has 4 N–H and O–H groups in total. The molecule has 2 amide bonds. The SMILES string of the molecule is O=C(Nc1ccc(O)cc1)N[C@@H]1CCCC[C@H]1N[C@H]1CCCN(c2ccc([N+](=O)[O-])cc2)C1. The van der Waals surface area contributed by atoms with Crippen molar-refractivity contribution in [2.24, 2.45) is 0 Å². The molecule has 2 aromatic carbocycles. The zero-order valence-corrected chi connectivity index (χ0v) is 18.6. The Morgan fingerprint density at radius 2 is 1.67 bits per heavy atom. The van der Waals surface area contributed by atoms with Gasteiger partial charge in [-0.05, 0) is 62.1 Å². The first-order chi connectivity index (χ1) is 16.0. The molecular weight excluding hydrogens is 422 g/mol. The molecule has 0 aromatic heterocycles. The van der Waals surface area contributed by atoms with Crippen molar-refractivity contribution in [3.8, 4) is 5.75 Å². The van der Waals surface area contributed by atoms with Gasteiger partial charge in [0.1, 0.15) is 5.75 Å². The number of rotatable bonds is 6. The molecule has 1 heterocycles. The number of nitro benzene ring substituents is 1. The van der Waals surface area contributed by atoms with Crippen LogP contribution >= 0.6 is 0 Å². The average molecular weight is 454 g/mol. The fraction of sp³-hybridized carbons (Fsp3) is 0.458. The number of anilines is 2. The number of hydrogen-bond acceptors (Lipinski definition) is 6. The number of hydrogen-bond donors (Lipinski definition) is 4. The summed E-state index contributed by atoms with van der Waals surface area (Å²) in [5.74, 6) is 0.160. The Morgan fingerprint density at radius 3 is 2.36 bits per heavy atom. The van der Waals surface area contributed by atoms with Crippen molar-refractivity contribution in [2.45, 2.75) is 56.7 Å². The Morgan fingerprint density at radius 1 is 0.970 bits per heavy atom. The Hall–Kier alpha value is -3.33. The second-order valence-corrected chi connectivity index (χ2v) is 8.87. The zero-order chi connectivity index (χ0) is 23.2. The van der Waals surface area contributed by atoms with Gasteiger partial charge in [-0.15, -0.1) is 0 Å². The summed E-state index contributed by atoms with van der Waals surface area (Å²) in [6.45, 7) is 1.76. The second-order valence-electron chi connectivity index (χ2n) is 8.87. The van der Waals surface area contributed by atoms with Crippen LogP contribution in [0.25, 0.3) is 0 Å². The molecule has 9 heteroatoms. The molecule has 9 nitrogen and oxygen atoms in total. The molecule has 1 saturated heterocycles. The van der Waals surface area contributed by atoms with Crippen LogP contribution < -0.4 is 20.9 Å². The Bertz CT molecular complexity index is 950. The minimum Gasteiger partial charge on any atom is -0.508 e. The van der Waals surface area contributed by atoms with Crippen LogP contribution in [0.2, 0.25) is 0 Å². The number of nitrogens with zero attached hydrogens (tertiary/aromatic N) is 2. The van der Waals surface area contributed by atoms with E-state index in [9.17, 15) is 20.0 Å². The van der Waals surface area contributed by atoms with Gasteiger partial charge >= 0.3 is 6.03 Å². The number of non-ortho nitro benzene ring substituents is 1. The Labute approximate surface area is 193 Å². The zero-order valence-electron chi connectivity index (χ0n) is 18.6. The molecule has 176 valence electrons. The number of phenolic OH excluding ortho intramolecular Hbond substituents is 1. The first kappa shape index (κ1) is 22.8. The lowest BCUT2D eigenvalue weighted by molar-refractivity contribution is -0.384. The Kier molecular flexibility index (Phi) is 7.29. The van der Waals surface area contributed by atoms with Gasteiger partial charge in [0.15, 0.2) is 0 Å². The van der Waals surface area contributed by atoms with Crippen molar-refractivity contribution < 1.29 is 14.8 Å². The van der Waals surface area contributed by atoms with Gasteiger partial charge in [0.05, 0.1) is 4.92 Å². The highest BCUT2D eigenvalue weighted by atomic mass is 16.6. The number of nitro groups is 1. The van der Waals surface area contributed by atoms with E-state index in [0.717, 1.165) is 57.3 Å². The highest BCUT2D eigenvalue weighted by molar-refractivity contribution is 5.89. The van der Waals surface area contributed by atoms with Crippen LogP contribution in [0.15, 0.2) is 48.5 Å². The predicted molar refractivity (Wildman–Crippen MR) is 128 cm³/mol. The van der Waals surface area contributed by atoms with Crippen LogP contribution in [0.5, 0.6) is 5.75 Å². The van der Waals surface area contributed by atoms with Crippen LogP contribution in [0.1, 0.15) is 38.5 Å². The lowest BCUT2D eigenvalue weighted by atomic mass is 9.89. The summed E-state index contributed by atoms with van der Waals surface area (Å²) in [5, 5.41) is 30.1. The van der Waals surface area contributed by atoms with Gasteiger partial charge in [0.2, 0.25) is 0 Å². The highest BCUT2D eigenvalue weighted by Gasteiger charge is 2.30. The number of urea groups is 1. The van der Waals surface area contributed by atoms with Crippen molar-refractivity contribution in [2.75, 3.05) is 23.3 Å². The minimum atomic E-state index is -0.377. The fourth-order valence-corrected chi connectivity index (χ4v) is 4.82. The van der Waals surface area contributed by atoms with E-state index in [1.54, 1.807) is 36.4 Å². The molecule has 0 spiro atoms. The number of benzene rings is 2. The molecule has 33 heavy (non-hydrogen) atoms. The number of phenols is 1. The van der Waals surface area contributed by atoms with Crippen LogP contribution in [0, 0.1) is 10.1 Å². The van der Waals surface area contributed by atoms with E-state index < -0.39 is 0 Å². The predicted octanol–water partition coefficient (Wildman–Crippen LogP) is 3.99. The van der Waals surface area contributed by atoms with E-state index in [1.807, 2.05) is 12.1 Å². The van der Waals surface area contributed by atoms with Crippen LogP contribution in [-0.4, -0.2) is 47.3 Å². The fourth-order valence-electron chi connectivity index (χ4n) is 4.82. The average Bonchev–Trinajstić information content (AvgIpc) is 2.82. The number of carbonyl (C=O) groups excluding carboxylic acids is 1. The summed E-state index contributed by atoms with van der Waals surface area (Å²) in [6.07, 6.45) is 6.26. The van der Waals surface area contributed by atoms with Crippen LogP contribution in [-0.2, 0) is 0 Å². The maximum absolute atomic E-state index is 12.5. The van der Waals surface area contributed by atoms with Crippen molar-refractivity contribution in [3.63, 3.8) is 0 Å². The molecule has 0 radical (unpaired) electrons. The molecule has 1 aliphatic carbocycles. The third kappa shape index (κ3) is 6.13. The van der Waals surface area contributed by atoms with E-state index in [-0.39, 0.29) is 34.5 Å². The van der Waals surface area contributed by atoms with Crippen molar-refractivity contribution >= 4 is 23.1 Å². The van der Waals surface area contributed by atoms with Gasteiger partial charge < -0.3 is 26.0 Å². The van der Waals surface area contributed by atoms with E-state index in [0.29, 0.717) is 11.7 Å². The van der Waals surface area contributed by atoms with Crippen LogP contribution in [0.4, 0.5) is 21.9 Å². The van der Waals surface area contributed by atoms with Crippen molar-refractivity contribution in [1.82, 2.24) is 10.6 Å². The molecule has 1 aliphatic heterocycles. The summed E-state index contributed by atoms with van der Waals surface area (Å²) < 4.78 is 0. The summed E-state index contributed by atoms with van der Waals surface area (Å²) in [4.78, 5) is 25.4. The van der Waals surface area contributed by atoms with Crippen molar-refractivity contribution in [3.05, 3.63) is 58.6 Å². The molecule has 2 aromatic rings. The number of amides is 2. The normalized spacial score (nSPS) is 23.0. The molecule has 0 unspecified atom stereocenters. The number of carbonyl (C=O) groups is 1. The summed E-state index contributed by atoms with van der Waals surface area (Å²) in [6, 6.07) is 13.5. The van der Waals surface area contributed by atoms with E-state index in [4.69, 9.17) is 0 Å². The first-order valence-electron chi connectivity index (χ1n) is 11.6. The molecule has 1 saturated carbocycles. The number of nitrogens with one attached hydrogen (secondary N) is 3. The third-order valence-corrected chi connectivity index (χ3v) is 6.50. The van der Waals surface area contributed by atoms with Crippen LogP contribution in [0.3, 0.4) is 0 Å². The van der Waals surface area contributed by atoms with E-state index in [1.165, 1.54) is 0 Å². The monoisotopic (exact) mass is 453 g/mol. The maximum Gasteiger partial charge on any atom is 0.319 e.